The standard InChI is InChI=1S/C16H17ClN2O2/c1-11-3-4-12(17)9-15(11)19-16(20)10-18-13-5-7-14(21-2)8-6-13/h3-9,18H,10H2,1-2H3,(H,19,20). The molecule has 0 aliphatic rings. The van der Waals surface area contributed by atoms with Crippen LogP contribution in [-0.2, 0) is 4.79 Å². The summed E-state index contributed by atoms with van der Waals surface area (Å²) in [6, 6.07) is 12.8. The molecule has 5 heteroatoms. The summed E-state index contributed by atoms with van der Waals surface area (Å²) in [5.41, 5.74) is 2.55. The van der Waals surface area contributed by atoms with E-state index in [2.05, 4.69) is 10.6 Å². The lowest BCUT2D eigenvalue weighted by atomic mass is 10.2. The van der Waals surface area contributed by atoms with Gasteiger partial charge >= 0.3 is 0 Å². The Balaban J connectivity index is 1.91. The highest BCUT2D eigenvalue weighted by Crippen LogP contribution is 2.20. The molecule has 0 radical (unpaired) electrons. The van der Waals surface area contributed by atoms with E-state index in [1.807, 2.05) is 37.3 Å². The number of hydrogen-bond donors (Lipinski definition) is 2. The summed E-state index contributed by atoms with van der Waals surface area (Å²) >= 11 is 5.92. The van der Waals surface area contributed by atoms with Crippen LogP contribution in [0.2, 0.25) is 5.02 Å². The Morgan fingerprint density at radius 1 is 1.19 bits per heavy atom. The maximum atomic E-state index is 11.9. The normalized spacial score (nSPS) is 10.0. The highest BCUT2D eigenvalue weighted by Gasteiger charge is 2.05. The third-order valence-corrected chi connectivity index (χ3v) is 3.25. The van der Waals surface area contributed by atoms with Gasteiger partial charge in [0.2, 0.25) is 5.91 Å². The van der Waals surface area contributed by atoms with Gasteiger partial charge in [0.05, 0.1) is 13.7 Å². The van der Waals surface area contributed by atoms with Crippen molar-refractivity contribution in [3.05, 3.63) is 53.1 Å². The van der Waals surface area contributed by atoms with Crippen LogP contribution in [0.25, 0.3) is 0 Å². The van der Waals surface area contributed by atoms with Gasteiger partial charge in [-0.25, -0.2) is 0 Å². The van der Waals surface area contributed by atoms with Crippen molar-refractivity contribution in [3.63, 3.8) is 0 Å². The van der Waals surface area contributed by atoms with Gasteiger partial charge in [0.15, 0.2) is 0 Å². The summed E-state index contributed by atoms with van der Waals surface area (Å²) in [5, 5.41) is 6.48. The molecule has 0 bridgehead atoms. The SMILES string of the molecule is COc1ccc(NCC(=O)Nc2cc(Cl)ccc2C)cc1. The Kier molecular flexibility index (Phi) is 5.06. The fourth-order valence-electron chi connectivity index (χ4n) is 1.81. The molecule has 21 heavy (non-hydrogen) atoms. The first kappa shape index (κ1) is 15.2. The van der Waals surface area contributed by atoms with Crippen LogP contribution in [0.1, 0.15) is 5.56 Å². The smallest absolute Gasteiger partial charge is 0.243 e. The van der Waals surface area contributed by atoms with Gasteiger partial charge in [0.1, 0.15) is 5.75 Å². The summed E-state index contributed by atoms with van der Waals surface area (Å²) < 4.78 is 5.08. The fourth-order valence-corrected chi connectivity index (χ4v) is 1.99. The minimum absolute atomic E-state index is 0.129. The number of nitrogens with one attached hydrogen (secondary N) is 2. The molecule has 0 atom stereocenters. The zero-order valence-corrected chi connectivity index (χ0v) is 12.7. The molecule has 0 aromatic heterocycles. The molecule has 0 heterocycles. The number of aryl methyl sites for hydroxylation is 1. The summed E-state index contributed by atoms with van der Waals surface area (Å²) in [4.78, 5) is 11.9. The van der Waals surface area contributed by atoms with Gasteiger partial charge in [0.25, 0.3) is 0 Å². The van der Waals surface area contributed by atoms with Crippen LogP contribution in [0, 0.1) is 6.92 Å². The van der Waals surface area contributed by atoms with Gasteiger partial charge < -0.3 is 15.4 Å². The maximum Gasteiger partial charge on any atom is 0.243 e. The number of benzene rings is 2. The van der Waals surface area contributed by atoms with E-state index in [0.717, 1.165) is 22.7 Å². The van der Waals surface area contributed by atoms with E-state index in [1.165, 1.54) is 0 Å². The Hall–Kier alpha value is -2.20. The molecule has 0 fully saturated rings. The van der Waals surface area contributed by atoms with Gasteiger partial charge in [-0.2, -0.15) is 0 Å². The zero-order valence-electron chi connectivity index (χ0n) is 11.9. The molecular weight excluding hydrogens is 288 g/mol. The molecule has 2 aromatic rings. The van der Waals surface area contributed by atoms with Gasteiger partial charge in [-0.1, -0.05) is 17.7 Å². The average molecular weight is 305 g/mol. The fraction of sp³-hybridized carbons (Fsp3) is 0.188. The van der Waals surface area contributed by atoms with Crippen LogP contribution < -0.4 is 15.4 Å². The van der Waals surface area contributed by atoms with Crippen molar-refractivity contribution in [1.29, 1.82) is 0 Å². The molecule has 0 aliphatic heterocycles. The predicted molar refractivity (Wildman–Crippen MR) is 86.3 cm³/mol. The first-order chi connectivity index (χ1) is 10.1. The summed E-state index contributed by atoms with van der Waals surface area (Å²) in [6.07, 6.45) is 0. The van der Waals surface area contributed by atoms with Crippen molar-refractivity contribution >= 4 is 28.9 Å². The Labute approximate surface area is 129 Å². The van der Waals surface area contributed by atoms with Crippen molar-refractivity contribution in [2.45, 2.75) is 6.92 Å². The number of carbonyl (C=O) groups excluding carboxylic acids is 1. The van der Waals surface area contributed by atoms with Crippen LogP contribution in [0.4, 0.5) is 11.4 Å². The minimum Gasteiger partial charge on any atom is -0.497 e. The van der Waals surface area contributed by atoms with Gasteiger partial charge in [-0.15, -0.1) is 0 Å². The number of hydrogen-bond acceptors (Lipinski definition) is 3. The lowest BCUT2D eigenvalue weighted by molar-refractivity contribution is -0.114. The molecule has 1 amide bonds. The maximum absolute atomic E-state index is 11.9. The monoisotopic (exact) mass is 304 g/mol. The van der Waals surface area contributed by atoms with Crippen molar-refractivity contribution in [1.82, 2.24) is 0 Å². The summed E-state index contributed by atoms with van der Waals surface area (Å²) in [5.74, 6) is 0.649. The molecule has 2 rings (SSSR count). The largest absolute Gasteiger partial charge is 0.497 e. The lowest BCUT2D eigenvalue weighted by Gasteiger charge is -2.10. The van der Waals surface area contributed by atoms with Gasteiger partial charge in [-0.05, 0) is 48.9 Å². The van der Waals surface area contributed by atoms with E-state index in [-0.39, 0.29) is 12.5 Å². The first-order valence-corrected chi connectivity index (χ1v) is 6.90. The highest BCUT2D eigenvalue weighted by molar-refractivity contribution is 6.31. The van der Waals surface area contributed by atoms with E-state index in [0.29, 0.717) is 5.02 Å². The Bertz CT molecular complexity index is 627. The summed E-state index contributed by atoms with van der Waals surface area (Å²) in [6.45, 7) is 2.10. The van der Waals surface area contributed by atoms with Crippen molar-refractivity contribution in [2.24, 2.45) is 0 Å². The van der Waals surface area contributed by atoms with Gasteiger partial charge in [-0.3, -0.25) is 4.79 Å². The van der Waals surface area contributed by atoms with E-state index >= 15 is 0 Å². The van der Waals surface area contributed by atoms with Crippen LogP contribution >= 0.6 is 11.6 Å². The quantitative estimate of drug-likeness (QED) is 0.885. The number of ether oxygens (including phenoxy) is 1. The number of anilines is 2. The van der Waals surface area contributed by atoms with Crippen LogP contribution in [0.15, 0.2) is 42.5 Å². The molecular formula is C16H17ClN2O2. The topological polar surface area (TPSA) is 50.4 Å². The molecule has 0 saturated carbocycles. The van der Waals surface area contributed by atoms with E-state index in [1.54, 1.807) is 19.2 Å². The minimum atomic E-state index is -0.129. The third kappa shape index (κ3) is 4.39. The van der Waals surface area contributed by atoms with Crippen molar-refractivity contribution in [2.75, 3.05) is 24.3 Å². The number of amides is 1. The second-order valence-corrected chi connectivity index (χ2v) is 5.03. The Morgan fingerprint density at radius 2 is 1.90 bits per heavy atom. The second kappa shape index (κ2) is 6.99. The zero-order chi connectivity index (χ0) is 15.2. The van der Waals surface area contributed by atoms with E-state index in [9.17, 15) is 4.79 Å². The van der Waals surface area contributed by atoms with Crippen LogP contribution in [-0.4, -0.2) is 19.6 Å². The molecule has 2 N–H and O–H groups in total. The molecule has 0 unspecified atom stereocenters. The molecule has 0 spiro atoms. The predicted octanol–water partition coefficient (Wildman–Crippen LogP) is 3.71. The summed E-state index contributed by atoms with van der Waals surface area (Å²) in [7, 11) is 1.61. The average Bonchev–Trinajstić information content (AvgIpc) is 2.49. The number of carbonyl (C=O) groups is 1. The molecule has 4 nitrogen and oxygen atoms in total. The third-order valence-electron chi connectivity index (χ3n) is 3.02. The van der Waals surface area contributed by atoms with E-state index in [4.69, 9.17) is 16.3 Å². The molecule has 0 saturated heterocycles. The van der Waals surface area contributed by atoms with Crippen molar-refractivity contribution < 1.29 is 9.53 Å². The number of rotatable bonds is 5. The second-order valence-electron chi connectivity index (χ2n) is 4.59. The number of methoxy groups -OCH3 is 1. The Morgan fingerprint density at radius 3 is 2.57 bits per heavy atom. The lowest BCUT2D eigenvalue weighted by Crippen LogP contribution is -2.22. The first-order valence-electron chi connectivity index (χ1n) is 6.52. The molecule has 0 aliphatic carbocycles. The van der Waals surface area contributed by atoms with E-state index < -0.39 is 0 Å². The van der Waals surface area contributed by atoms with Gasteiger partial charge in [0, 0.05) is 16.4 Å². The number of halogens is 1. The molecule has 2 aromatic carbocycles. The van der Waals surface area contributed by atoms with Crippen LogP contribution in [0.5, 0.6) is 5.75 Å². The van der Waals surface area contributed by atoms with Crippen LogP contribution in [0.3, 0.4) is 0 Å². The van der Waals surface area contributed by atoms with Crippen molar-refractivity contribution in [3.8, 4) is 5.75 Å². The highest BCUT2D eigenvalue weighted by atomic mass is 35.5. The molecule has 110 valence electrons.